The number of hydrogen-bond donors (Lipinski definition) is 7. The van der Waals surface area contributed by atoms with Gasteiger partial charge in [0.05, 0.1) is 119 Å². The maximum Gasteiger partial charge on any atom is 0.306 e. The van der Waals surface area contributed by atoms with E-state index in [1.54, 1.807) is 0 Å². The fourth-order valence-electron chi connectivity index (χ4n) is 18.5. The van der Waals surface area contributed by atoms with Crippen LogP contribution >= 0.6 is 0 Å². The van der Waals surface area contributed by atoms with Gasteiger partial charge in [-0.05, 0) is 278 Å². The minimum atomic E-state index is -0.664. The lowest BCUT2D eigenvalue weighted by Crippen LogP contribution is -2.44. The van der Waals surface area contributed by atoms with Crippen LogP contribution in [0.1, 0.15) is 308 Å². The fraction of sp³-hybridized carbons (Fsp3) is 0.637. The molecule has 8 fully saturated rings. The number of aliphatic carboxylic acids is 1. The molecule has 0 saturated carbocycles. The summed E-state index contributed by atoms with van der Waals surface area (Å²) in [6.07, 6.45) is 27.5. The van der Waals surface area contributed by atoms with Crippen LogP contribution in [-0.2, 0) is 4.79 Å². The van der Waals surface area contributed by atoms with Gasteiger partial charge < -0.3 is 80.1 Å². The van der Waals surface area contributed by atoms with Gasteiger partial charge in [-0.1, -0.05) is 118 Å². The molecule has 25 heteroatoms. The van der Waals surface area contributed by atoms with Crippen LogP contribution in [0.4, 0.5) is 45.5 Å². The molecular formula is C113H178N18O7. The molecule has 8 aliphatic rings. The van der Waals surface area contributed by atoms with Crippen molar-refractivity contribution in [1.82, 2.24) is 50.1 Å². The monoisotopic (exact) mass is 1900 g/mol. The van der Waals surface area contributed by atoms with Crippen molar-refractivity contribution in [1.29, 1.82) is 0 Å². The Balaban J connectivity index is 0.000000177. The van der Waals surface area contributed by atoms with Gasteiger partial charge in [0.1, 0.15) is 0 Å². The van der Waals surface area contributed by atoms with Gasteiger partial charge in [-0.3, -0.25) is 44.7 Å². The summed E-state index contributed by atoms with van der Waals surface area (Å²) in [5.41, 5.74) is 19.0. The first-order valence-electron chi connectivity index (χ1n) is 52.5. The summed E-state index contributed by atoms with van der Waals surface area (Å²) in [7, 11) is 2.18. The van der Waals surface area contributed by atoms with Gasteiger partial charge in [-0.2, -0.15) is 0 Å². The molecule has 0 bridgehead atoms. The molecule has 8 aromatic rings. The highest BCUT2D eigenvalue weighted by Crippen LogP contribution is 2.36. The lowest BCUT2D eigenvalue weighted by molar-refractivity contribution is -0.142. The Bertz CT molecular complexity index is 4440. The molecule has 8 aromatic heterocycles. The zero-order valence-electron chi connectivity index (χ0n) is 88.3. The van der Waals surface area contributed by atoms with E-state index in [0.29, 0.717) is 84.2 Å². The number of anilines is 8. The van der Waals surface area contributed by atoms with Crippen molar-refractivity contribution in [3.63, 3.8) is 0 Å². The SMILES string of the molecule is CC(C)c1ccc(N2CCC(C(=O)O)CC2)cn1.CC(C)c1ccc(N2CCC(C(C)O)CC2)cn1.CC(C)c1ccc(N2CCC(C)(CO)CC2)cn1.CC(C)c1ccc(N2CCC(CO)CC2)cn1.CC(C)c1ccc(N2CCC([C@@H](C)O)CC2)cn1.CC(C)c1ccc(N2CCC([C@H](C)O)CC2)cn1.CC(C)c1ccc(N2CCN(C)CC2)cn1.CC(C)c1ccc(N2CCNCC2)cn1. The number of piperazine rings is 2. The maximum atomic E-state index is 10.9. The number of rotatable bonds is 22. The zero-order valence-corrected chi connectivity index (χ0v) is 88.3. The fourth-order valence-corrected chi connectivity index (χ4v) is 18.5. The molecule has 762 valence electrons. The van der Waals surface area contributed by atoms with Crippen LogP contribution in [0.3, 0.4) is 0 Å². The lowest BCUT2D eigenvalue weighted by Gasteiger charge is -2.39. The molecule has 8 saturated heterocycles. The Morgan fingerprint density at radius 2 is 0.507 bits per heavy atom. The van der Waals surface area contributed by atoms with Crippen LogP contribution in [0, 0.1) is 35.0 Å². The second kappa shape index (κ2) is 57.0. The number of piperidine rings is 6. The molecule has 0 radical (unpaired) electrons. The highest BCUT2D eigenvalue weighted by atomic mass is 16.4. The number of carboxylic acid groups (broad SMARTS) is 1. The molecule has 0 amide bonds. The predicted octanol–water partition coefficient (Wildman–Crippen LogP) is 19.7. The zero-order chi connectivity index (χ0) is 100. The first-order valence-corrected chi connectivity index (χ1v) is 52.5. The summed E-state index contributed by atoms with van der Waals surface area (Å²) in [6.45, 7) is 63.8. The standard InChI is InChI=1S/4C15H24N2O.C14H20N2O2.C14H22N2O.C13H21N3.C12H19N3/c1-12(2)14-5-4-13(10-16-14)17-8-6-15(3,11-18)7-9-17;3*1-11(2)15-5-4-14(10-16-15)17-8-6-13(7-9-17)12(3)18;1-10(2)13-4-3-12(9-15-13)16-7-5-11(6-8-16)14(17)18;1-11(2)14-4-3-13(9-15-14)16-7-5-12(10-17)6-8-16;1-11(2)13-5-4-12(10-14-13)16-8-6-15(3)7-9-16;1-10(2)12-4-3-11(9-14-12)15-7-5-13-6-8-15/h4-5,10,12,18H,6-9,11H2,1-3H3;3*4-5,10-13,18H,6-9H2,1-3H3;3-4,9-11H,5-8H2,1-2H3,(H,17,18);3-4,9,11-12,17H,5-8,10H2,1-2H3;4-5,10-11H,6-9H2,1-3H3;3-4,9-10,13H,5-8H2,1-2H3/t;2*12-;;;;;/m.10...../s1. The van der Waals surface area contributed by atoms with Crippen molar-refractivity contribution >= 4 is 51.5 Å². The summed E-state index contributed by atoms with van der Waals surface area (Å²) in [5, 5.41) is 59.6. The van der Waals surface area contributed by atoms with E-state index >= 15 is 0 Å². The van der Waals surface area contributed by atoms with Crippen molar-refractivity contribution in [2.45, 2.75) is 281 Å². The van der Waals surface area contributed by atoms with E-state index in [0.717, 1.165) is 248 Å². The van der Waals surface area contributed by atoms with Crippen molar-refractivity contribution in [3.05, 3.63) is 192 Å². The Hall–Kier alpha value is -9.21. The van der Waals surface area contributed by atoms with Gasteiger partial charge in [0.15, 0.2) is 0 Å². The minimum Gasteiger partial charge on any atom is -0.481 e. The molecule has 1 unspecified atom stereocenters. The first kappa shape index (κ1) is 112. The third-order valence-corrected chi connectivity index (χ3v) is 29.2. The maximum absolute atomic E-state index is 10.9. The molecule has 25 nitrogen and oxygen atoms in total. The third-order valence-electron chi connectivity index (χ3n) is 29.2. The number of aliphatic hydroxyl groups excluding tert-OH is 5. The average molecular weight is 1900 g/mol. The number of pyridine rings is 8. The van der Waals surface area contributed by atoms with Gasteiger partial charge in [0.2, 0.25) is 0 Å². The highest BCUT2D eigenvalue weighted by molar-refractivity contribution is 5.70. The highest BCUT2D eigenvalue weighted by Gasteiger charge is 2.32. The largest absolute Gasteiger partial charge is 0.481 e. The van der Waals surface area contributed by atoms with Crippen LogP contribution in [0.15, 0.2) is 147 Å². The number of carbonyl (C=O) groups is 1. The Morgan fingerprint density at radius 3 is 0.696 bits per heavy atom. The Kier molecular flexibility index (Phi) is 46.5. The van der Waals surface area contributed by atoms with E-state index < -0.39 is 5.97 Å². The van der Waals surface area contributed by atoms with Gasteiger partial charge in [-0.15, -0.1) is 0 Å². The minimum absolute atomic E-state index is 0.113. The van der Waals surface area contributed by atoms with Crippen LogP contribution in [-0.4, -0.2) is 251 Å². The molecule has 8 aliphatic heterocycles. The first-order chi connectivity index (χ1) is 66.0. The Morgan fingerprint density at radius 1 is 0.304 bits per heavy atom. The van der Waals surface area contributed by atoms with Gasteiger partial charge in [-0.25, -0.2) is 0 Å². The number of aliphatic hydroxyl groups is 5. The van der Waals surface area contributed by atoms with Crippen LogP contribution in [0.25, 0.3) is 0 Å². The van der Waals surface area contributed by atoms with Gasteiger partial charge in [0, 0.05) is 190 Å². The predicted molar refractivity (Wildman–Crippen MR) is 572 cm³/mol. The molecule has 7 N–H and O–H groups in total. The Labute approximate surface area is 831 Å². The van der Waals surface area contributed by atoms with E-state index in [4.69, 9.17) is 10.2 Å². The molecule has 0 aliphatic carbocycles. The van der Waals surface area contributed by atoms with Crippen molar-refractivity contribution in [2.75, 3.05) is 190 Å². The molecule has 16 rings (SSSR count). The molecule has 138 heavy (non-hydrogen) atoms. The van der Waals surface area contributed by atoms with Crippen molar-refractivity contribution in [3.8, 4) is 0 Å². The second-order valence-electron chi connectivity index (χ2n) is 42.7. The summed E-state index contributed by atoms with van der Waals surface area (Å²) in [4.78, 5) is 68.1. The molecule has 0 aromatic carbocycles. The summed E-state index contributed by atoms with van der Waals surface area (Å²) in [5.74, 6) is 4.95. The van der Waals surface area contributed by atoms with Crippen molar-refractivity contribution in [2.24, 2.45) is 35.0 Å². The molecular weight excluding hydrogens is 1720 g/mol. The smallest absolute Gasteiger partial charge is 0.306 e. The molecule has 3 atom stereocenters. The summed E-state index contributed by atoms with van der Waals surface area (Å²) in [6, 6.07) is 34.3. The van der Waals surface area contributed by atoms with Crippen molar-refractivity contribution < 1.29 is 35.4 Å². The van der Waals surface area contributed by atoms with Gasteiger partial charge >= 0.3 is 5.97 Å². The third kappa shape index (κ3) is 36.1. The number of carboxylic acids is 1. The van der Waals surface area contributed by atoms with E-state index in [2.05, 4.69) is 311 Å². The summed E-state index contributed by atoms with van der Waals surface area (Å²) < 4.78 is 0. The number of aromatic nitrogens is 8. The topological polar surface area (TPSA) is 283 Å². The number of nitrogens with zero attached hydrogens (tertiary/aromatic N) is 17. The molecule has 0 spiro atoms. The quantitative estimate of drug-likeness (QED) is 0.0332. The normalized spacial score (nSPS) is 18.4. The van der Waals surface area contributed by atoms with E-state index in [1.165, 1.54) is 51.2 Å². The summed E-state index contributed by atoms with van der Waals surface area (Å²) >= 11 is 0. The second-order valence-corrected chi connectivity index (χ2v) is 42.7. The van der Waals surface area contributed by atoms with Crippen LogP contribution < -0.4 is 44.5 Å². The number of hydrogen-bond acceptors (Lipinski definition) is 24. The van der Waals surface area contributed by atoms with E-state index in [1.807, 2.05) is 70.3 Å². The van der Waals surface area contributed by atoms with E-state index in [9.17, 15) is 25.2 Å². The van der Waals surface area contributed by atoms with E-state index in [-0.39, 0.29) is 29.6 Å². The van der Waals surface area contributed by atoms with Crippen LogP contribution in [0.5, 0.6) is 0 Å². The average Bonchev–Trinajstić information content (AvgIpc) is 0.754. The number of nitrogens with one attached hydrogen (secondary N) is 1. The number of likely N-dealkylation sites (N-methyl/N-ethyl adjacent to an activating group) is 1. The lowest BCUT2D eigenvalue weighted by atomic mass is 9.81. The molecule has 16 heterocycles. The van der Waals surface area contributed by atoms with Gasteiger partial charge in [0.25, 0.3) is 0 Å². The van der Waals surface area contributed by atoms with Crippen LogP contribution in [0.2, 0.25) is 0 Å².